The van der Waals surface area contributed by atoms with Gasteiger partial charge in [-0.3, -0.25) is 9.59 Å². The van der Waals surface area contributed by atoms with E-state index in [9.17, 15) is 14.0 Å². The van der Waals surface area contributed by atoms with Gasteiger partial charge in [0.2, 0.25) is 0 Å². The van der Waals surface area contributed by atoms with Gasteiger partial charge in [-0.15, -0.1) is 0 Å². The van der Waals surface area contributed by atoms with Crippen LogP contribution in [0.4, 0.5) is 4.39 Å². The third kappa shape index (κ3) is 2.03. The van der Waals surface area contributed by atoms with E-state index < -0.39 is 5.82 Å². The van der Waals surface area contributed by atoms with Crippen molar-refractivity contribution < 1.29 is 14.0 Å². The lowest BCUT2D eigenvalue weighted by molar-refractivity contribution is -0.116. The summed E-state index contributed by atoms with van der Waals surface area (Å²) in [5.74, 6) is -0.661. The van der Waals surface area contributed by atoms with Crippen LogP contribution >= 0.6 is 0 Å². The average molecular weight is 207 g/mol. The van der Waals surface area contributed by atoms with Crippen LogP contribution in [0.5, 0.6) is 0 Å². The Bertz CT molecular complexity index is 417. The van der Waals surface area contributed by atoms with Crippen LogP contribution in [0.2, 0.25) is 0 Å². The number of benzene rings is 1. The average Bonchev–Trinajstić information content (AvgIpc) is 2.64. The minimum Gasteiger partial charge on any atom is -0.331 e. The molecule has 1 amide bonds. The Morgan fingerprint density at radius 3 is 2.80 bits per heavy atom. The number of halogens is 1. The SMILES string of the molecule is O=C1CCN(C(=O)c2cccc(F)c2)C1. The van der Waals surface area contributed by atoms with Gasteiger partial charge in [0.05, 0.1) is 6.54 Å². The molecule has 4 heteroatoms. The van der Waals surface area contributed by atoms with Crippen LogP contribution in [0.25, 0.3) is 0 Å². The molecule has 0 unspecified atom stereocenters. The van der Waals surface area contributed by atoms with E-state index in [4.69, 9.17) is 0 Å². The molecule has 3 nitrogen and oxygen atoms in total. The molecule has 0 atom stereocenters. The molecule has 78 valence electrons. The zero-order valence-corrected chi connectivity index (χ0v) is 8.07. The standard InChI is InChI=1S/C11H10FNO2/c12-9-3-1-2-8(6-9)11(15)13-5-4-10(14)7-13/h1-3,6H,4-5,7H2. The van der Waals surface area contributed by atoms with Crippen LogP contribution in [-0.4, -0.2) is 29.7 Å². The Morgan fingerprint density at radius 1 is 1.40 bits per heavy atom. The van der Waals surface area contributed by atoms with Gasteiger partial charge in [0, 0.05) is 18.5 Å². The molecule has 1 aromatic rings. The molecule has 0 N–H and O–H groups in total. The fourth-order valence-electron chi connectivity index (χ4n) is 1.61. The van der Waals surface area contributed by atoms with Gasteiger partial charge in [0.15, 0.2) is 5.78 Å². The maximum absolute atomic E-state index is 12.9. The van der Waals surface area contributed by atoms with Gasteiger partial charge in [-0.1, -0.05) is 6.07 Å². The van der Waals surface area contributed by atoms with Crippen LogP contribution in [0.15, 0.2) is 24.3 Å². The number of ketones is 1. The molecular formula is C11H10FNO2. The molecule has 0 aromatic heterocycles. The van der Waals surface area contributed by atoms with Crippen LogP contribution in [0.3, 0.4) is 0 Å². The second-order valence-electron chi connectivity index (χ2n) is 3.53. The summed E-state index contributed by atoms with van der Waals surface area (Å²) in [6.45, 7) is 0.587. The summed E-state index contributed by atoms with van der Waals surface area (Å²) < 4.78 is 12.9. The molecule has 0 bridgehead atoms. The highest BCUT2D eigenvalue weighted by Crippen LogP contribution is 2.11. The molecule has 1 aliphatic rings. The van der Waals surface area contributed by atoms with Crippen molar-refractivity contribution in [1.29, 1.82) is 0 Å². The van der Waals surface area contributed by atoms with Crippen LogP contribution in [0.1, 0.15) is 16.8 Å². The number of carbonyl (C=O) groups excluding carboxylic acids is 2. The molecule has 0 radical (unpaired) electrons. The van der Waals surface area contributed by atoms with Gasteiger partial charge >= 0.3 is 0 Å². The highest BCUT2D eigenvalue weighted by Gasteiger charge is 2.24. The summed E-state index contributed by atoms with van der Waals surface area (Å²) in [6.07, 6.45) is 0.404. The maximum Gasteiger partial charge on any atom is 0.254 e. The van der Waals surface area contributed by atoms with E-state index in [0.29, 0.717) is 18.5 Å². The van der Waals surface area contributed by atoms with Gasteiger partial charge in [0.25, 0.3) is 5.91 Å². The van der Waals surface area contributed by atoms with Crippen molar-refractivity contribution >= 4 is 11.7 Å². The van der Waals surface area contributed by atoms with E-state index >= 15 is 0 Å². The Morgan fingerprint density at radius 2 is 2.20 bits per heavy atom. The van der Waals surface area contributed by atoms with Crippen LogP contribution in [0, 0.1) is 5.82 Å². The largest absolute Gasteiger partial charge is 0.331 e. The Kier molecular flexibility index (Phi) is 2.49. The zero-order chi connectivity index (χ0) is 10.8. The van der Waals surface area contributed by atoms with Gasteiger partial charge in [-0.05, 0) is 18.2 Å². The Hall–Kier alpha value is -1.71. The lowest BCUT2D eigenvalue weighted by atomic mass is 10.2. The normalized spacial score (nSPS) is 15.8. The number of Topliss-reactive ketones (excluding diaryl/α,β-unsaturated/α-hetero) is 1. The van der Waals surface area contributed by atoms with Crippen molar-refractivity contribution in [1.82, 2.24) is 4.90 Å². The Balaban J connectivity index is 2.17. The first-order valence-corrected chi connectivity index (χ1v) is 4.73. The molecule has 15 heavy (non-hydrogen) atoms. The van der Waals surface area contributed by atoms with E-state index in [1.165, 1.54) is 23.1 Å². The minimum atomic E-state index is -0.439. The predicted octanol–water partition coefficient (Wildman–Crippen LogP) is 1.24. The molecule has 1 aliphatic heterocycles. The van der Waals surface area contributed by atoms with Crippen molar-refractivity contribution in [3.05, 3.63) is 35.6 Å². The van der Waals surface area contributed by atoms with Gasteiger partial charge in [-0.25, -0.2) is 4.39 Å². The molecule has 1 saturated heterocycles. The quantitative estimate of drug-likeness (QED) is 0.694. The fraction of sp³-hybridized carbons (Fsp3) is 0.273. The molecule has 0 saturated carbocycles. The summed E-state index contributed by atoms with van der Waals surface area (Å²) in [5, 5.41) is 0. The Labute approximate surface area is 86.5 Å². The third-order valence-electron chi connectivity index (χ3n) is 2.39. The van der Waals surface area contributed by atoms with E-state index in [-0.39, 0.29) is 18.2 Å². The lowest BCUT2D eigenvalue weighted by Crippen LogP contribution is -2.28. The second kappa shape index (κ2) is 3.81. The van der Waals surface area contributed by atoms with Crippen molar-refractivity contribution in [2.45, 2.75) is 6.42 Å². The van der Waals surface area contributed by atoms with Crippen molar-refractivity contribution in [2.75, 3.05) is 13.1 Å². The molecule has 1 heterocycles. The number of nitrogens with zero attached hydrogens (tertiary/aromatic N) is 1. The number of likely N-dealkylation sites (tertiary alicyclic amines) is 1. The first-order valence-electron chi connectivity index (χ1n) is 4.73. The predicted molar refractivity (Wildman–Crippen MR) is 51.9 cm³/mol. The van der Waals surface area contributed by atoms with Gasteiger partial charge < -0.3 is 4.90 Å². The lowest BCUT2D eigenvalue weighted by Gasteiger charge is -2.13. The third-order valence-corrected chi connectivity index (χ3v) is 2.39. The molecule has 0 aliphatic carbocycles. The molecule has 2 rings (SSSR count). The topological polar surface area (TPSA) is 37.4 Å². The fourth-order valence-corrected chi connectivity index (χ4v) is 1.61. The maximum atomic E-state index is 12.9. The molecule has 1 aromatic carbocycles. The summed E-state index contributed by atoms with van der Waals surface area (Å²) in [5.41, 5.74) is 0.296. The number of rotatable bonds is 1. The zero-order valence-electron chi connectivity index (χ0n) is 8.07. The number of amides is 1. The van der Waals surface area contributed by atoms with E-state index in [1.807, 2.05) is 0 Å². The van der Waals surface area contributed by atoms with Crippen molar-refractivity contribution in [2.24, 2.45) is 0 Å². The van der Waals surface area contributed by atoms with Crippen LogP contribution in [-0.2, 0) is 4.79 Å². The number of carbonyl (C=O) groups is 2. The smallest absolute Gasteiger partial charge is 0.254 e. The summed E-state index contributed by atoms with van der Waals surface area (Å²) in [6, 6.07) is 5.51. The van der Waals surface area contributed by atoms with E-state index in [2.05, 4.69) is 0 Å². The summed E-state index contributed by atoms with van der Waals surface area (Å²) >= 11 is 0. The van der Waals surface area contributed by atoms with E-state index in [0.717, 1.165) is 0 Å². The van der Waals surface area contributed by atoms with E-state index in [1.54, 1.807) is 6.07 Å². The molecule has 0 spiro atoms. The summed E-state index contributed by atoms with van der Waals surface area (Å²) in [4.78, 5) is 24.2. The molecular weight excluding hydrogens is 197 g/mol. The van der Waals surface area contributed by atoms with Crippen molar-refractivity contribution in [3.63, 3.8) is 0 Å². The first-order chi connectivity index (χ1) is 7.16. The highest BCUT2D eigenvalue weighted by atomic mass is 19.1. The first kappa shape index (κ1) is 9.83. The summed E-state index contributed by atoms with van der Waals surface area (Å²) in [7, 11) is 0. The van der Waals surface area contributed by atoms with Crippen molar-refractivity contribution in [3.8, 4) is 0 Å². The second-order valence-corrected chi connectivity index (χ2v) is 3.53. The molecule has 1 fully saturated rings. The van der Waals surface area contributed by atoms with Gasteiger partial charge in [-0.2, -0.15) is 0 Å². The monoisotopic (exact) mass is 207 g/mol. The minimum absolute atomic E-state index is 0.0553. The van der Waals surface area contributed by atoms with Gasteiger partial charge in [0.1, 0.15) is 5.82 Å². The van der Waals surface area contributed by atoms with Crippen LogP contribution < -0.4 is 0 Å². The number of hydrogen-bond donors (Lipinski definition) is 0. The highest BCUT2D eigenvalue weighted by molar-refractivity contribution is 5.98. The number of hydrogen-bond acceptors (Lipinski definition) is 2.